The number of hydrogen-bond acceptors (Lipinski definition) is 4. The predicted molar refractivity (Wildman–Crippen MR) is 125 cm³/mol. The van der Waals surface area contributed by atoms with Crippen LogP contribution in [0.2, 0.25) is 0 Å². The van der Waals surface area contributed by atoms with Gasteiger partial charge >= 0.3 is 0 Å². The number of carbonyl (C=O) groups is 2. The van der Waals surface area contributed by atoms with Crippen LogP contribution in [0.3, 0.4) is 0 Å². The summed E-state index contributed by atoms with van der Waals surface area (Å²) in [5.74, 6) is -0.270. The van der Waals surface area contributed by atoms with Crippen molar-refractivity contribution in [1.82, 2.24) is 16.2 Å². The maximum absolute atomic E-state index is 12.1. The fraction of sp³-hybridized carbons (Fsp3) is 0.0417. The molecule has 7 heteroatoms. The van der Waals surface area contributed by atoms with Crippen molar-refractivity contribution in [2.45, 2.75) is 0 Å². The third kappa shape index (κ3) is 7.09. The molecule has 0 aliphatic carbocycles. The molecule has 3 rings (SSSR count). The molecule has 0 saturated heterocycles. The van der Waals surface area contributed by atoms with Crippen LogP contribution in [0.25, 0.3) is 17.2 Å². The van der Waals surface area contributed by atoms with Gasteiger partial charge in [0, 0.05) is 11.6 Å². The average Bonchev–Trinajstić information content (AvgIpc) is 2.81. The molecule has 0 bridgehead atoms. The second-order valence-electron chi connectivity index (χ2n) is 6.39. The molecule has 0 atom stereocenters. The van der Waals surface area contributed by atoms with E-state index in [0.29, 0.717) is 5.75 Å². The van der Waals surface area contributed by atoms with Gasteiger partial charge in [-0.2, -0.15) is 0 Å². The first kappa shape index (κ1) is 21.7. The summed E-state index contributed by atoms with van der Waals surface area (Å²) < 4.78 is 5.66. The molecule has 3 N–H and O–H groups in total. The van der Waals surface area contributed by atoms with E-state index < -0.39 is 11.8 Å². The van der Waals surface area contributed by atoms with E-state index in [1.54, 1.807) is 12.1 Å². The van der Waals surface area contributed by atoms with Crippen LogP contribution in [0, 0.1) is 0 Å². The SMILES string of the molecule is O=C(C=Cc1ccccc1)NC(=S)NNC(=O)COc1ccccc1-c1ccccc1. The number of hydrogen-bond donors (Lipinski definition) is 3. The molecular formula is C24H21N3O3S. The van der Waals surface area contributed by atoms with Crippen LogP contribution in [0.5, 0.6) is 5.75 Å². The molecule has 156 valence electrons. The van der Waals surface area contributed by atoms with E-state index in [2.05, 4.69) is 16.2 Å². The smallest absolute Gasteiger partial charge is 0.276 e. The minimum Gasteiger partial charge on any atom is -0.483 e. The van der Waals surface area contributed by atoms with Crippen molar-refractivity contribution in [2.24, 2.45) is 0 Å². The first-order chi connectivity index (χ1) is 15.1. The Labute approximate surface area is 185 Å². The van der Waals surface area contributed by atoms with E-state index in [1.165, 1.54) is 6.08 Å². The number of thiocarbonyl (C=S) groups is 1. The largest absolute Gasteiger partial charge is 0.483 e. The fourth-order valence-corrected chi connectivity index (χ4v) is 2.83. The van der Waals surface area contributed by atoms with Crippen LogP contribution in [0.15, 0.2) is 91.0 Å². The molecule has 0 aliphatic rings. The van der Waals surface area contributed by atoms with Crippen LogP contribution < -0.4 is 20.9 Å². The number of hydrazine groups is 1. The lowest BCUT2D eigenvalue weighted by Gasteiger charge is -2.13. The van der Waals surface area contributed by atoms with Gasteiger partial charge in [0.25, 0.3) is 5.91 Å². The van der Waals surface area contributed by atoms with Gasteiger partial charge in [0.2, 0.25) is 5.91 Å². The average molecular weight is 432 g/mol. The van der Waals surface area contributed by atoms with Gasteiger partial charge in [-0.25, -0.2) is 0 Å². The number of carbonyl (C=O) groups excluding carboxylic acids is 2. The normalized spacial score (nSPS) is 10.3. The van der Waals surface area contributed by atoms with Crippen molar-refractivity contribution >= 4 is 35.2 Å². The lowest BCUT2D eigenvalue weighted by atomic mass is 10.1. The Hall–Kier alpha value is -3.97. The molecule has 0 aliphatic heterocycles. The Morgan fingerprint density at radius 2 is 1.48 bits per heavy atom. The maximum atomic E-state index is 12.1. The summed E-state index contributed by atoms with van der Waals surface area (Å²) in [6.45, 7) is -0.221. The van der Waals surface area contributed by atoms with Gasteiger partial charge in [0.1, 0.15) is 5.75 Å². The quantitative estimate of drug-likeness (QED) is 0.316. The van der Waals surface area contributed by atoms with Crippen LogP contribution in [-0.4, -0.2) is 23.5 Å². The van der Waals surface area contributed by atoms with Crippen LogP contribution in [0.4, 0.5) is 0 Å². The first-order valence-electron chi connectivity index (χ1n) is 9.52. The van der Waals surface area contributed by atoms with Crippen molar-refractivity contribution in [3.05, 3.63) is 96.6 Å². The molecule has 0 fully saturated rings. The Bertz CT molecular complexity index is 1070. The summed E-state index contributed by atoms with van der Waals surface area (Å²) in [6.07, 6.45) is 3.02. The van der Waals surface area contributed by atoms with Crippen LogP contribution >= 0.6 is 12.2 Å². The number of ether oxygens (including phenoxy) is 1. The molecule has 2 amide bonds. The van der Waals surface area contributed by atoms with Crippen molar-refractivity contribution in [3.63, 3.8) is 0 Å². The molecular weight excluding hydrogens is 410 g/mol. The minimum atomic E-state index is -0.445. The van der Waals surface area contributed by atoms with E-state index in [0.717, 1.165) is 16.7 Å². The van der Waals surface area contributed by atoms with Gasteiger partial charge in [0.05, 0.1) is 0 Å². The van der Waals surface area contributed by atoms with E-state index in [1.807, 2.05) is 78.9 Å². The molecule has 6 nitrogen and oxygen atoms in total. The molecule has 0 unspecified atom stereocenters. The molecule has 0 heterocycles. The van der Waals surface area contributed by atoms with Crippen LogP contribution in [-0.2, 0) is 9.59 Å². The summed E-state index contributed by atoms with van der Waals surface area (Å²) in [5.41, 5.74) is 7.64. The first-order valence-corrected chi connectivity index (χ1v) is 9.93. The second kappa shape index (κ2) is 11.3. The van der Waals surface area contributed by atoms with E-state index >= 15 is 0 Å². The molecule has 0 saturated carbocycles. The highest BCUT2D eigenvalue weighted by molar-refractivity contribution is 7.80. The zero-order valence-electron chi connectivity index (χ0n) is 16.6. The number of rotatable bonds is 6. The van der Waals surface area contributed by atoms with Gasteiger partial charge < -0.3 is 4.74 Å². The number of amides is 2. The highest BCUT2D eigenvalue weighted by atomic mass is 32.1. The summed E-state index contributed by atoms with van der Waals surface area (Å²) in [7, 11) is 0. The lowest BCUT2D eigenvalue weighted by Crippen LogP contribution is -2.49. The Morgan fingerprint density at radius 3 is 2.23 bits per heavy atom. The topological polar surface area (TPSA) is 79.5 Å². The van der Waals surface area contributed by atoms with Gasteiger partial charge in [-0.15, -0.1) is 0 Å². The van der Waals surface area contributed by atoms with E-state index in [-0.39, 0.29) is 11.7 Å². The second-order valence-corrected chi connectivity index (χ2v) is 6.79. The summed E-state index contributed by atoms with van der Waals surface area (Å²) in [4.78, 5) is 24.0. The fourth-order valence-electron chi connectivity index (χ4n) is 2.68. The summed E-state index contributed by atoms with van der Waals surface area (Å²) in [6, 6.07) is 26.6. The van der Waals surface area contributed by atoms with Gasteiger partial charge in [-0.05, 0) is 35.5 Å². The predicted octanol–water partition coefficient (Wildman–Crippen LogP) is 3.47. The third-order valence-electron chi connectivity index (χ3n) is 4.11. The number of para-hydroxylation sites is 1. The Morgan fingerprint density at radius 1 is 0.839 bits per heavy atom. The van der Waals surface area contributed by atoms with Crippen LogP contribution in [0.1, 0.15) is 5.56 Å². The van der Waals surface area contributed by atoms with Crippen molar-refractivity contribution in [3.8, 4) is 16.9 Å². The monoisotopic (exact) mass is 431 g/mol. The highest BCUT2D eigenvalue weighted by Crippen LogP contribution is 2.29. The zero-order valence-corrected chi connectivity index (χ0v) is 17.4. The molecule has 3 aromatic carbocycles. The van der Waals surface area contributed by atoms with Crippen molar-refractivity contribution in [1.29, 1.82) is 0 Å². The lowest BCUT2D eigenvalue weighted by molar-refractivity contribution is -0.123. The number of nitrogens with one attached hydrogen (secondary N) is 3. The maximum Gasteiger partial charge on any atom is 0.276 e. The van der Waals surface area contributed by atoms with E-state index in [9.17, 15) is 9.59 Å². The standard InChI is InChI=1S/C24H21N3O3S/c28-22(16-15-18-9-3-1-4-10-18)25-24(31)27-26-23(29)17-30-21-14-8-7-13-20(21)19-11-5-2-6-12-19/h1-16H,17H2,(H,26,29)(H2,25,27,28,31). The van der Waals surface area contributed by atoms with Crippen molar-refractivity contribution < 1.29 is 14.3 Å². The van der Waals surface area contributed by atoms with Gasteiger partial charge in [-0.3, -0.25) is 25.8 Å². The van der Waals surface area contributed by atoms with E-state index in [4.69, 9.17) is 17.0 Å². The van der Waals surface area contributed by atoms with Gasteiger partial charge in [0.15, 0.2) is 11.7 Å². The molecule has 0 radical (unpaired) electrons. The molecule has 0 aromatic heterocycles. The molecule has 0 spiro atoms. The van der Waals surface area contributed by atoms with Crippen molar-refractivity contribution in [2.75, 3.05) is 6.61 Å². The zero-order chi connectivity index (χ0) is 21.9. The Balaban J connectivity index is 1.44. The van der Waals surface area contributed by atoms with Gasteiger partial charge in [-0.1, -0.05) is 78.9 Å². The third-order valence-corrected chi connectivity index (χ3v) is 4.31. The minimum absolute atomic E-state index is 0.0271. The number of benzene rings is 3. The Kier molecular flexibility index (Phi) is 7.90. The highest BCUT2D eigenvalue weighted by Gasteiger charge is 2.09. The molecule has 31 heavy (non-hydrogen) atoms. The summed E-state index contributed by atoms with van der Waals surface area (Å²) in [5, 5.41) is 2.42. The molecule has 3 aromatic rings. The summed E-state index contributed by atoms with van der Waals surface area (Å²) >= 11 is 5.01.